The number of ketones is 2. The molecule has 3 rings (SSSR count). The molecule has 0 N–H and O–H groups in total. The molecule has 2 aliphatic carbocycles. The maximum atomic E-state index is 12.9. The Morgan fingerprint density at radius 1 is 1.29 bits per heavy atom. The zero-order valence-corrected chi connectivity index (χ0v) is 23.3. The fourth-order valence-corrected chi connectivity index (χ4v) is 6.92. The van der Waals surface area contributed by atoms with Gasteiger partial charge in [0.2, 0.25) is 8.32 Å². The molecule has 1 aromatic carbocycles. The van der Waals surface area contributed by atoms with E-state index in [9.17, 15) is 9.59 Å². The van der Waals surface area contributed by atoms with Crippen LogP contribution in [-0.4, -0.2) is 27.0 Å². The van der Waals surface area contributed by atoms with Gasteiger partial charge < -0.3 is 18.8 Å². The fourth-order valence-electron chi connectivity index (χ4n) is 4.85. The van der Waals surface area contributed by atoms with Gasteiger partial charge in [-0.05, 0) is 48.3 Å². The molecule has 1 saturated carbocycles. The predicted molar refractivity (Wildman–Crippen MR) is 122 cm³/mol. The van der Waals surface area contributed by atoms with E-state index < -0.39 is 13.7 Å². The first-order valence-corrected chi connectivity index (χ1v) is 13.9. The van der Waals surface area contributed by atoms with Crippen molar-refractivity contribution in [3.8, 4) is 11.5 Å². The van der Waals surface area contributed by atoms with Gasteiger partial charge in [-0.25, -0.2) is 0 Å². The summed E-state index contributed by atoms with van der Waals surface area (Å²) in [4.78, 5) is 25.4. The smallest absolute Gasteiger partial charge is 0.245 e. The molecule has 165 valence electrons. The number of rotatable bonds is 8. The number of allylic oxidation sites excluding steroid dienone is 3. The maximum Gasteiger partial charge on any atom is 0.245 e. The monoisotopic (exact) mass is 514 g/mol. The molecule has 6 heteroatoms. The van der Waals surface area contributed by atoms with E-state index in [2.05, 4.69) is 26.6 Å². The molecule has 0 saturated heterocycles. The zero-order valence-electron chi connectivity index (χ0n) is 19.4. The summed E-state index contributed by atoms with van der Waals surface area (Å²) in [6, 6.07) is 7.02. The minimum atomic E-state index is -1.86. The quantitative estimate of drug-likeness (QED) is 0.250. The van der Waals surface area contributed by atoms with Crippen molar-refractivity contribution in [2.24, 2.45) is 5.41 Å². The third-order valence-corrected chi connectivity index (χ3v) is 8.92. The van der Waals surface area contributed by atoms with E-state index in [1.807, 2.05) is 31.2 Å². The molecule has 2 aliphatic rings. The Morgan fingerprint density at radius 2 is 2.00 bits per heavy atom. The number of carbonyl (C=O) groups is 2. The first-order valence-electron chi connectivity index (χ1n) is 10.8. The van der Waals surface area contributed by atoms with Crippen molar-refractivity contribution in [1.82, 2.24) is 0 Å². The second-order valence-electron chi connectivity index (χ2n) is 9.13. The molecule has 2 atom stereocenters. The van der Waals surface area contributed by atoms with Crippen LogP contribution in [-0.2, 0) is 42.3 Å². The fraction of sp³-hybridized carbons (Fsp3) is 0.480. The van der Waals surface area contributed by atoms with Crippen LogP contribution in [0.25, 0.3) is 0 Å². The second kappa shape index (κ2) is 10.2. The minimum Gasteiger partial charge on any atom is -0.542 e. The molecular weight excluding hydrogens is 481 g/mol. The molecule has 0 spiro atoms. The SMILES string of the molecule is C=CC1=CC[C-]2C(=O)CC(=O)C2(C)C1c1ccc(O[Si](C)(C)CCCC)c(OC)c1.[Y]. The van der Waals surface area contributed by atoms with E-state index in [0.29, 0.717) is 12.2 Å². The van der Waals surface area contributed by atoms with Crippen molar-refractivity contribution in [3.63, 3.8) is 0 Å². The summed E-state index contributed by atoms with van der Waals surface area (Å²) in [7, 11) is -0.217. The molecule has 0 bridgehead atoms. The first-order chi connectivity index (χ1) is 14.2. The Kier molecular flexibility index (Phi) is 8.57. The van der Waals surface area contributed by atoms with Gasteiger partial charge in [-0.2, -0.15) is 0 Å². The summed E-state index contributed by atoms with van der Waals surface area (Å²) in [6.45, 7) is 12.5. The largest absolute Gasteiger partial charge is 0.542 e. The Morgan fingerprint density at radius 3 is 2.61 bits per heavy atom. The number of methoxy groups -OCH3 is 1. The Balaban J connectivity index is 0.00000341. The molecular formula is C25H33O4SiY-. The van der Waals surface area contributed by atoms with Gasteiger partial charge in [0.15, 0.2) is 5.75 Å². The van der Waals surface area contributed by atoms with Crippen molar-refractivity contribution in [3.05, 3.63) is 54.0 Å². The van der Waals surface area contributed by atoms with Gasteiger partial charge >= 0.3 is 0 Å². The average molecular weight is 515 g/mol. The molecule has 31 heavy (non-hydrogen) atoms. The summed E-state index contributed by atoms with van der Waals surface area (Å²) in [5.74, 6) is 1.86. The van der Waals surface area contributed by atoms with Gasteiger partial charge in [0.25, 0.3) is 0 Å². The third kappa shape index (κ3) is 4.94. The molecule has 0 heterocycles. The second-order valence-corrected chi connectivity index (χ2v) is 13.3. The van der Waals surface area contributed by atoms with Crippen LogP contribution in [0.1, 0.15) is 51.0 Å². The van der Waals surface area contributed by atoms with Crippen LogP contribution < -0.4 is 9.16 Å². The maximum absolute atomic E-state index is 12.9. The number of hydrogen-bond donors (Lipinski definition) is 0. The van der Waals surface area contributed by atoms with E-state index >= 15 is 0 Å². The van der Waals surface area contributed by atoms with Crippen LogP contribution in [0, 0.1) is 11.3 Å². The molecule has 2 unspecified atom stereocenters. The standard InChI is InChI=1S/C25H33O4Si.Y/c1-7-9-14-30(5,6)29-21-13-11-18(15-22(21)28-4)24-17(8-2)10-12-19-20(26)16-23(27)25(19,24)3;/h8,10-11,13,15,24H,2,7,9,12,14,16H2,1,3-6H3;/q-1;. The number of hydrogen-bond acceptors (Lipinski definition) is 4. The van der Waals surface area contributed by atoms with Gasteiger partial charge in [-0.15, -0.1) is 12.5 Å². The number of unbranched alkanes of at least 4 members (excludes halogenated alkanes) is 1. The Hall–Kier alpha value is -1.17. The van der Waals surface area contributed by atoms with Crippen molar-refractivity contribution in [2.75, 3.05) is 7.11 Å². The van der Waals surface area contributed by atoms with Gasteiger partial charge in [0.1, 0.15) is 11.5 Å². The van der Waals surface area contributed by atoms with Gasteiger partial charge in [0.05, 0.1) is 7.11 Å². The topological polar surface area (TPSA) is 52.6 Å². The summed E-state index contributed by atoms with van der Waals surface area (Å²) in [6.07, 6.45) is 6.66. The van der Waals surface area contributed by atoms with Gasteiger partial charge in [0, 0.05) is 44.9 Å². The average Bonchev–Trinajstić information content (AvgIpc) is 2.94. The van der Waals surface area contributed by atoms with E-state index in [-0.39, 0.29) is 56.6 Å². The molecule has 1 fully saturated rings. The molecule has 1 radical (unpaired) electrons. The minimum absolute atomic E-state index is 0. The van der Waals surface area contributed by atoms with Crippen molar-refractivity contribution >= 4 is 19.9 Å². The van der Waals surface area contributed by atoms with E-state index in [4.69, 9.17) is 9.16 Å². The number of benzene rings is 1. The van der Waals surface area contributed by atoms with Gasteiger partial charge in [-0.1, -0.05) is 50.8 Å². The van der Waals surface area contributed by atoms with Gasteiger partial charge in [-0.3, -0.25) is 5.92 Å². The number of ether oxygens (including phenoxy) is 1. The Bertz CT molecular complexity index is 892. The predicted octanol–water partition coefficient (Wildman–Crippen LogP) is 5.80. The third-order valence-electron chi connectivity index (χ3n) is 6.59. The number of Topliss-reactive ketones (excluding diaryl/α,β-unsaturated/α-hetero) is 2. The molecule has 0 aliphatic heterocycles. The van der Waals surface area contributed by atoms with E-state index in [1.54, 1.807) is 13.2 Å². The number of fused-ring (bicyclic) bond motifs is 1. The van der Waals surface area contributed by atoms with Crippen LogP contribution in [0.15, 0.2) is 42.5 Å². The van der Waals surface area contributed by atoms with E-state index in [0.717, 1.165) is 41.7 Å². The molecule has 0 aromatic heterocycles. The summed E-state index contributed by atoms with van der Waals surface area (Å²) < 4.78 is 12.1. The molecule has 1 aromatic rings. The summed E-state index contributed by atoms with van der Waals surface area (Å²) in [5, 5.41) is 0. The Labute approximate surface area is 212 Å². The van der Waals surface area contributed by atoms with Crippen molar-refractivity contribution < 1.29 is 51.5 Å². The van der Waals surface area contributed by atoms with Crippen molar-refractivity contribution in [2.45, 2.75) is 64.6 Å². The first kappa shape index (κ1) is 26.1. The van der Waals surface area contributed by atoms with Crippen LogP contribution in [0.4, 0.5) is 0 Å². The number of carbonyl (C=O) groups excluding carboxylic acids is 2. The molecule has 0 amide bonds. The summed E-state index contributed by atoms with van der Waals surface area (Å²) >= 11 is 0. The van der Waals surface area contributed by atoms with Crippen LogP contribution in [0.5, 0.6) is 11.5 Å². The summed E-state index contributed by atoms with van der Waals surface area (Å²) in [5.41, 5.74) is 1.11. The van der Waals surface area contributed by atoms with Crippen LogP contribution >= 0.6 is 0 Å². The zero-order chi connectivity index (χ0) is 22.1. The molecule has 4 nitrogen and oxygen atoms in total. The van der Waals surface area contributed by atoms with Crippen molar-refractivity contribution in [1.29, 1.82) is 0 Å². The van der Waals surface area contributed by atoms with Crippen LogP contribution in [0.2, 0.25) is 19.1 Å². The van der Waals surface area contributed by atoms with E-state index in [1.165, 1.54) is 0 Å². The van der Waals surface area contributed by atoms with Crippen LogP contribution in [0.3, 0.4) is 0 Å². The normalized spacial score (nSPS) is 23.1.